The van der Waals surface area contributed by atoms with Crippen LogP contribution in [0.5, 0.6) is 5.88 Å². The van der Waals surface area contributed by atoms with Crippen LogP contribution in [0.15, 0.2) is 61.1 Å². The van der Waals surface area contributed by atoms with Gasteiger partial charge in [0.25, 0.3) is 0 Å². The molecule has 182 valence electrons. The van der Waals surface area contributed by atoms with Crippen LogP contribution in [0.1, 0.15) is 37.2 Å². The summed E-state index contributed by atoms with van der Waals surface area (Å²) < 4.78 is 5.57. The van der Waals surface area contributed by atoms with Crippen LogP contribution in [0.3, 0.4) is 0 Å². The molecule has 0 unspecified atom stereocenters. The molecule has 1 fully saturated rings. The molecule has 2 N–H and O–H groups in total. The Bertz CT molecular complexity index is 1480. The van der Waals surface area contributed by atoms with Crippen molar-refractivity contribution in [3.63, 3.8) is 0 Å². The number of nitrogens with zero attached hydrogens (tertiary/aromatic N) is 5. The fourth-order valence-electron chi connectivity index (χ4n) is 5.06. The van der Waals surface area contributed by atoms with Gasteiger partial charge in [-0.15, -0.1) is 0 Å². The summed E-state index contributed by atoms with van der Waals surface area (Å²) in [5.74, 6) is 3.09. The normalized spacial score (nSPS) is 14.4. The molecule has 6 rings (SSSR count). The monoisotopic (exact) mass is 479 g/mol. The molecule has 8 heteroatoms. The molecule has 5 heterocycles. The summed E-state index contributed by atoms with van der Waals surface area (Å²) in [5.41, 5.74) is 6.15. The Morgan fingerprint density at radius 2 is 1.81 bits per heavy atom. The number of aromatic amines is 2. The number of pyridine rings is 1. The van der Waals surface area contributed by atoms with Gasteiger partial charge in [0.2, 0.25) is 5.88 Å². The van der Waals surface area contributed by atoms with Gasteiger partial charge in [0, 0.05) is 53.8 Å². The Labute approximate surface area is 209 Å². The molecule has 0 aliphatic carbocycles. The van der Waals surface area contributed by atoms with Crippen LogP contribution in [-0.4, -0.2) is 49.6 Å². The zero-order chi connectivity index (χ0) is 24.5. The Morgan fingerprint density at radius 1 is 0.972 bits per heavy atom. The smallest absolute Gasteiger partial charge is 0.213 e. The minimum Gasteiger partial charge on any atom is -0.478 e. The Hall–Kier alpha value is -4.20. The minimum absolute atomic E-state index is 0.408. The molecule has 0 saturated carbocycles. The Morgan fingerprint density at radius 3 is 2.61 bits per heavy atom. The number of imidazole rings is 1. The molecule has 1 aliphatic heterocycles. The van der Waals surface area contributed by atoms with E-state index in [9.17, 15) is 0 Å². The number of aromatic nitrogens is 6. The number of anilines is 1. The molecule has 0 atom stereocenters. The molecule has 0 amide bonds. The van der Waals surface area contributed by atoms with Crippen molar-refractivity contribution < 1.29 is 4.74 Å². The van der Waals surface area contributed by atoms with Gasteiger partial charge in [0.1, 0.15) is 23.6 Å². The fraction of sp³-hybridized carbons (Fsp3) is 0.286. The lowest BCUT2D eigenvalue weighted by Gasteiger charge is -2.32. The van der Waals surface area contributed by atoms with E-state index in [4.69, 9.17) is 9.72 Å². The molecular formula is C28H29N7O. The molecule has 4 aromatic heterocycles. The van der Waals surface area contributed by atoms with Gasteiger partial charge in [-0.05, 0) is 38.8 Å². The summed E-state index contributed by atoms with van der Waals surface area (Å²) in [6, 6.07) is 16.4. The van der Waals surface area contributed by atoms with E-state index in [2.05, 4.69) is 67.1 Å². The van der Waals surface area contributed by atoms with E-state index in [1.807, 2.05) is 25.1 Å². The van der Waals surface area contributed by atoms with Crippen molar-refractivity contribution in [1.29, 1.82) is 0 Å². The predicted molar refractivity (Wildman–Crippen MR) is 141 cm³/mol. The zero-order valence-corrected chi connectivity index (χ0v) is 20.5. The molecule has 0 radical (unpaired) electrons. The minimum atomic E-state index is 0.408. The lowest BCUT2D eigenvalue weighted by molar-refractivity contribution is 0.327. The van der Waals surface area contributed by atoms with E-state index in [1.165, 1.54) is 0 Å². The molecule has 36 heavy (non-hydrogen) atoms. The van der Waals surface area contributed by atoms with E-state index in [0.29, 0.717) is 18.4 Å². The number of ether oxygens (including phenoxy) is 1. The lowest BCUT2D eigenvalue weighted by atomic mass is 9.96. The number of fused-ring (bicyclic) bond motifs is 1. The Kier molecular flexibility index (Phi) is 5.85. The number of nitrogens with one attached hydrogen (secondary N) is 2. The van der Waals surface area contributed by atoms with Crippen LogP contribution in [0.25, 0.3) is 33.5 Å². The van der Waals surface area contributed by atoms with E-state index >= 15 is 0 Å². The standard InChI is InChI=1S/C28H29N7O/c1-3-36-24-15-21(9-12-29-24)23-16-22-27(33-23)30-17-31-28(22)35-13-10-20(11-14-35)26-32-18(2)25(34-26)19-7-5-4-6-8-19/h4-9,12,15-17,20H,3,10-11,13-14H2,1-2H3,(H,32,34)(H,30,31,33). The highest BCUT2D eigenvalue weighted by molar-refractivity contribution is 5.92. The predicted octanol–water partition coefficient (Wildman–Crippen LogP) is 5.50. The number of H-pyrrole nitrogens is 2. The average Bonchev–Trinajstić information content (AvgIpc) is 3.53. The SMILES string of the molecule is CCOc1cc(-c2cc3c(N4CCC(c5nc(-c6ccccc6)c(C)[nH]5)CC4)ncnc3[nH]2)ccn1. The quantitative estimate of drug-likeness (QED) is 0.334. The first-order valence-corrected chi connectivity index (χ1v) is 12.5. The number of piperidine rings is 1. The van der Waals surface area contributed by atoms with Crippen molar-refractivity contribution in [3.8, 4) is 28.4 Å². The van der Waals surface area contributed by atoms with Crippen LogP contribution in [0, 0.1) is 6.92 Å². The molecule has 8 nitrogen and oxygen atoms in total. The second-order valence-electron chi connectivity index (χ2n) is 9.18. The third-order valence-electron chi connectivity index (χ3n) is 6.87. The maximum atomic E-state index is 5.57. The zero-order valence-electron chi connectivity index (χ0n) is 20.5. The molecule has 5 aromatic rings. The van der Waals surface area contributed by atoms with Crippen molar-refractivity contribution in [2.24, 2.45) is 0 Å². The summed E-state index contributed by atoms with van der Waals surface area (Å²) in [5, 5.41) is 1.03. The highest BCUT2D eigenvalue weighted by atomic mass is 16.5. The summed E-state index contributed by atoms with van der Waals surface area (Å²) >= 11 is 0. The molecule has 0 bridgehead atoms. The summed E-state index contributed by atoms with van der Waals surface area (Å²) in [7, 11) is 0. The van der Waals surface area contributed by atoms with Crippen molar-refractivity contribution in [2.45, 2.75) is 32.6 Å². The van der Waals surface area contributed by atoms with Crippen LogP contribution >= 0.6 is 0 Å². The number of rotatable bonds is 6. The van der Waals surface area contributed by atoms with Gasteiger partial charge in [0.05, 0.1) is 17.7 Å². The van der Waals surface area contributed by atoms with Gasteiger partial charge in [-0.3, -0.25) is 0 Å². The molecule has 1 saturated heterocycles. The number of benzene rings is 1. The first-order valence-electron chi connectivity index (χ1n) is 12.5. The van der Waals surface area contributed by atoms with E-state index < -0.39 is 0 Å². The highest BCUT2D eigenvalue weighted by Gasteiger charge is 2.26. The van der Waals surface area contributed by atoms with Crippen LogP contribution in [-0.2, 0) is 0 Å². The lowest BCUT2D eigenvalue weighted by Crippen LogP contribution is -2.33. The topological polar surface area (TPSA) is 95.6 Å². The van der Waals surface area contributed by atoms with Crippen molar-refractivity contribution >= 4 is 16.9 Å². The van der Waals surface area contributed by atoms with Gasteiger partial charge in [-0.25, -0.2) is 19.9 Å². The van der Waals surface area contributed by atoms with Gasteiger partial charge in [-0.2, -0.15) is 0 Å². The van der Waals surface area contributed by atoms with E-state index in [-0.39, 0.29) is 0 Å². The number of hydrogen-bond donors (Lipinski definition) is 2. The van der Waals surface area contributed by atoms with E-state index in [1.54, 1.807) is 12.5 Å². The maximum Gasteiger partial charge on any atom is 0.213 e. The van der Waals surface area contributed by atoms with Gasteiger partial charge >= 0.3 is 0 Å². The van der Waals surface area contributed by atoms with Crippen molar-refractivity contribution in [2.75, 3.05) is 24.6 Å². The van der Waals surface area contributed by atoms with Gasteiger partial charge < -0.3 is 19.6 Å². The second kappa shape index (κ2) is 9.45. The van der Waals surface area contributed by atoms with Gasteiger partial charge in [-0.1, -0.05) is 30.3 Å². The molecule has 1 aromatic carbocycles. The fourth-order valence-corrected chi connectivity index (χ4v) is 5.06. The van der Waals surface area contributed by atoms with Crippen LogP contribution in [0.4, 0.5) is 5.82 Å². The van der Waals surface area contributed by atoms with Crippen molar-refractivity contribution in [1.82, 2.24) is 29.9 Å². The number of aryl methyl sites for hydroxylation is 1. The molecule has 1 aliphatic rings. The Balaban J connectivity index is 1.21. The summed E-state index contributed by atoms with van der Waals surface area (Å²) in [6.07, 6.45) is 5.45. The van der Waals surface area contributed by atoms with Crippen LogP contribution in [0.2, 0.25) is 0 Å². The van der Waals surface area contributed by atoms with Gasteiger partial charge in [0.15, 0.2) is 0 Å². The largest absolute Gasteiger partial charge is 0.478 e. The highest BCUT2D eigenvalue weighted by Crippen LogP contribution is 2.34. The van der Waals surface area contributed by atoms with Crippen LogP contribution < -0.4 is 9.64 Å². The summed E-state index contributed by atoms with van der Waals surface area (Å²) in [4.78, 5) is 27.8. The molecular weight excluding hydrogens is 450 g/mol. The maximum absolute atomic E-state index is 5.57. The third kappa shape index (κ3) is 4.19. The van der Waals surface area contributed by atoms with Crippen molar-refractivity contribution in [3.05, 3.63) is 72.6 Å². The molecule has 0 spiro atoms. The summed E-state index contributed by atoms with van der Waals surface area (Å²) in [6.45, 7) is 6.48. The third-order valence-corrected chi connectivity index (χ3v) is 6.87. The second-order valence-corrected chi connectivity index (χ2v) is 9.18. The first-order chi connectivity index (χ1) is 17.7. The average molecular weight is 480 g/mol. The number of hydrogen-bond acceptors (Lipinski definition) is 6. The first kappa shape index (κ1) is 22.3. The van der Waals surface area contributed by atoms with E-state index in [0.717, 1.165) is 76.8 Å².